The van der Waals surface area contributed by atoms with Gasteiger partial charge in [-0.3, -0.25) is 9.59 Å². The lowest BCUT2D eigenvalue weighted by atomic mass is 10.0. The van der Waals surface area contributed by atoms with Crippen LogP contribution in [0.1, 0.15) is 76.1 Å². The first kappa shape index (κ1) is 41.9. The van der Waals surface area contributed by atoms with Crippen molar-refractivity contribution >= 4 is 56.0 Å². The number of nitrogen functional groups attached to an aromatic ring is 1. The summed E-state index contributed by atoms with van der Waals surface area (Å²) >= 11 is 3.39. The van der Waals surface area contributed by atoms with Crippen LogP contribution in [0.4, 0.5) is 26.0 Å². The third-order valence-corrected chi connectivity index (χ3v) is 7.76. The number of aliphatic hydroxyl groups is 2. The molecule has 0 unspecified atom stereocenters. The van der Waals surface area contributed by atoms with E-state index in [1.54, 1.807) is 29.2 Å². The van der Waals surface area contributed by atoms with E-state index >= 15 is 0 Å². The normalized spacial score (nSPS) is 12.9. The van der Waals surface area contributed by atoms with E-state index in [0.29, 0.717) is 28.7 Å². The molecule has 2 atom stereocenters. The minimum atomic E-state index is -1.60. The second kappa shape index (κ2) is 17.8. The highest BCUT2D eigenvalue weighted by Gasteiger charge is 2.28. The summed E-state index contributed by atoms with van der Waals surface area (Å²) in [6.45, 7) is 12.5. The Morgan fingerprint density at radius 1 is 0.808 bits per heavy atom. The van der Waals surface area contributed by atoms with Gasteiger partial charge in [0, 0.05) is 52.7 Å². The molecule has 15 nitrogen and oxygen atoms in total. The fraction of sp³-hybridized carbons (Fsp3) is 0.471. The molecule has 4 rings (SSSR count). The zero-order chi connectivity index (χ0) is 39.0. The highest BCUT2D eigenvalue weighted by atomic mass is 79.9. The van der Waals surface area contributed by atoms with Crippen molar-refractivity contribution in [2.45, 2.75) is 91.0 Å². The first-order valence-corrected chi connectivity index (χ1v) is 17.3. The van der Waals surface area contributed by atoms with Crippen molar-refractivity contribution < 1.29 is 28.6 Å². The number of amides is 2. The maximum atomic E-state index is 14.0. The average molecular weight is 793 g/mol. The molecule has 0 fully saturated rings. The van der Waals surface area contributed by atoms with E-state index in [9.17, 15) is 28.6 Å². The topological polar surface area (TPSA) is 217 Å². The second-order valence-electron chi connectivity index (χ2n) is 13.7. The Morgan fingerprint density at radius 2 is 1.31 bits per heavy atom. The molecule has 4 aromatic heterocycles. The number of hydrogen-bond acceptors (Lipinski definition) is 12. The number of halogens is 3. The van der Waals surface area contributed by atoms with E-state index in [-0.39, 0.29) is 36.3 Å². The Labute approximate surface area is 309 Å². The lowest BCUT2D eigenvalue weighted by molar-refractivity contribution is -0.00209. The summed E-state index contributed by atoms with van der Waals surface area (Å²) in [5.41, 5.74) is 1.58. The molecule has 0 saturated carbocycles. The average Bonchev–Trinajstić information content (AvgIpc) is 3.47. The van der Waals surface area contributed by atoms with Gasteiger partial charge in [-0.25, -0.2) is 29.6 Å². The van der Waals surface area contributed by atoms with E-state index < -0.39 is 35.4 Å². The molecule has 0 aliphatic rings. The Morgan fingerprint density at radius 3 is 1.79 bits per heavy atom. The van der Waals surface area contributed by atoms with Crippen molar-refractivity contribution in [2.75, 3.05) is 29.1 Å². The molecule has 284 valence electrons. The third kappa shape index (κ3) is 11.8. The van der Waals surface area contributed by atoms with Gasteiger partial charge in [-0.2, -0.15) is 9.78 Å². The van der Waals surface area contributed by atoms with Gasteiger partial charge in [0.1, 0.15) is 18.2 Å². The Balaban J connectivity index is 0.000000295. The predicted molar refractivity (Wildman–Crippen MR) is 201 cm³/mol. The van der Waals surface area contributed by atoms with E-state index in [4.69, 9.17) is 5.84 Å². The van der Waals surface area contributed by atoms with Gasteiger partial charge >= 0.3 is 0 Å². The number of alkyl halides is 2. The van der Waals surface area contributed by atoms with E-state index in [2.05, 4.69) is 62.7 Å². The molecule has 0 spiro atoms. The monoisotopic (exact) mass is 791 g/mol. The van der Waals surface area contributed by atoms with Crippen molar-refractivity contribution in [1.29, 1.82) is 0 Å². The van der Waals surface area contributed by atoms with Gasteiger partial charge in [0.25, 0.3) is 11.8 Å². The number of fused-ring (bicyclic) bond motifs is 1. The fourth-order valence-corrected chi connectivity index (χ4v) is 4.78. The minimum absolute atomic E-state index is 0.0422. The van der Waals surface area contributed by atoms with Crippen LogP contribution in [-0.4, -0.2) is 95.5 Å². The molecule has 0 radical (unpaired) electrons. The van der Waals surface area contributed by atoms with Crippen molar-refractivity contribution in [3.05, 3.63) is 58.6 Å². The number of carbonyl (C=O) groups is 2. The Bertz CT molecular complexity index is 1830. The zero-order valence-corrected chi connectivity index (χ0v) is 32.0. The highest BCUT2D eigenvalue weighted by molar-refractivity contribution is 9.10. The number of carbonyl (C=O) groups excluding carboxylic acids is 2. The first-order valence-electron chi connectivity index (χ1n) is 16.5. The molecule has 4 heterocycles. The molecule has 0 aliphatic heterocycles. The van der Waals surface area contributed by atoms with Crippen molar-refractivity contribution in [3.63, 3.8) is 0 Å². The standard InChI is InChI=1S/C20H24BrFN6O2.C14H24FN5O2/c1-11(2)27-15-6-17(28-18-12(7-26-28)5-13(21)8-24-18)23-9-14(15)19(29)25-10-16(22)20(3,4)30;1-8(2)19-10-5-12(20-16)17-6-9(10)13(21)18-7-11(15)14(3,4)22/h5-9,11,16,30H,10H2,1-4H3,(H,23,27)(H,25,29);5-6,8,11,22H,7,16H2,1-4H3,(H,18,21)(H2,17,19,20)/t16-;11-/m11/s1. The minimum Gasteiger partial charge on any atom is -0.387 e. The maximum absolute atomic E-state index is 14.0. The molecule has 4 aromatic rings. The van der Waals surface area contributed by atoms with Crippen LogP contribution < -0.4 is 32.5 Å². The summed E-state index contributed by atoms with van der Waals surface area (Å²) in [5.74, 6) is 5.22. The summed E-state index contributed by atoms with van der Waals surface area (Å²) in [7, 11) is 0. The number of hydrogen-bond donors (Lipinski definition) is 8. The predicted octanol–water partition coefficient (Wildman–Crippen LogP) is 4.26. The zero-order valence-electron chi connectivity index (χ0n) is 30.4. The molecule has 0 aromatic carbocycles. The van der Waals surface area contributed by atoms with Crippen LogP contribution in [0.2, 0.25) is 0 Å². The van der Waals surface area contributed by atoms with E-state index in [1.165, 1.54) is 40.1 Å². The van der Waals surface area contributed by atoms with E-state index in [1.807, 2.05) is 33.8 Å². The van der Waals surface area contributed by atoms with Crippen LogP contribution in [0.25, 0.3) is 16.9 Å². The van der Waals surface area contributed by atoms with Gasteiger partial charge in [-0.05, 0) is 77.4 Å². The number of hydrazine groups is 1. The molecular weight excluding hydrogens is 744 g/mol. The highest BCUT2D eigenvalue weighted by Crippen LogP contribution is 2.24. The number of pyridine rings is 3. The van der Waals surface area contributed by atoms with Crippen LogP contribution in [0.5, 0.6) is 0 Å². The maximum Gasteiger partial charge on any atom is 0.255 e. The van der Waals surface area contributed by atoms with Crippen molar-refractivity contribution in [2.24, 2.45) is 5.84 Å². The Kier molecular flexibility index (Phi) is 14.3. The lowest BCUT2D eigenvalue weighted by Crippen LogP contribution is -2.42. The fourth-order valence-electron chi connectivity index (χ4n) is 4.43. The second-order valence-corrected chi connectivity index (χ2v) is 14.6. The molecule has 2 amide bonds. The van der Waals surface area contributed by atoms with Gasteiger partial charge in [-0.15, -0.1) is 0 Å². The van der Waals surface area contributed by atoms with Gasteiger partial charge in [0.2, 0.25) is 0 Å². The van der Waals surface area contributed by atoms with Crippen LogP contribution in [0.15, 0.2) is 47.5 Å². The summed E-state index contributed by atoms with van der Waals surface area (Å²) in [6.07, 6.45) is 2.95. The number of nitrogens with two attached hydrogens (primary N) is 1. The first-order chi connectivity index (χ1) is 24.2. The Hall–Kier alpha value is -4.52. The summed E-state index contributed by atoms with van der Waals surface area (Å²) in [6, 6.07) is 5.33. The van der Waals surface area contributed by atoms with Crippen LogP contribution in [0.3, 0.4) is 0 Å². The van der Waals surface area contributed by atoms with Gasteiger partial charge in [-0.1, -0.05) is 0 Å². The van der Waals surface area contributed by atoms with Crippen molar-refractivity contribution in [1.82, 2.24) is 35.4 Å². The number of aromatic nitrogens is 5. The molecule has 18 heteroatoms. The van der Waals surface area contributed by atoms with Gasteiger partial charge < -0.3 is 36.9 Å². The summed E-state index contributed by atoms with van der Waals surface area (Å²) < 4.78 is 30.1. The SMILES string of the molecule is CC(C)Nc1cc(-n2ncc3cc(Br)cnc32)ncc1C(=O)NC[C@@H](F)C(C)(C)O.CC(C)Nc1cc(NN)ncc1C(=O)NC[C@@H](F)C(C)(C)O. The van der Waals surface area contributed by atoms with Crippen LogP contribution >= 0.6 is 15.9 Å². The number of nitrogens with zero attached hydrogens (tertiary/aromatic N) is 5. The molecule has 0 aliphatic carbocycles. The van der Waals surface area contributed by atoms with Crippen LogP contribution in [-0.2, 0) is 0 Å². The van der Waals surface area contributed by atoms with Gasteiger partial charge in [0.05, 0.1) is 53.0 Å². The third-order valence-electron chi connectivity index (χ3n) is 7.33. The largest absolute Gasteiger partial charge is 0.387 e. The smallest absolute Gasteiger partial charge is 0.255 e. The lowest BCUT2D eigenvalue weighted by Gasteiger charge is -2.23. The summed E-state index contributed by atoms with van der Waals surface area (Å²) in [4.78, 5) is 37.6. The molecule has 9 N–H and O–H groups in total. The van der Waals surface area contributed by atoms with Gasteiger partial charge in [0.15, 0.2) is 11.5 Å². The quantitative estimate of drug-likeness (QED) is 0.0664. The number of nitrogens with one attached hydrogen (secondary N) is 5. The molecule has 0 bridgehead atoms. The van der Waals surface area contributed by atoms with Crippen molar-refractivity contribution in [3.8, 4) is 5.82 Å². The molecule has 0 saturated heterocycles. The molecular formula is C34H48BrF2N11O4. The molecule has 52 heavy (non-hydrogen) atoms. The number of rotatable bonds is 14. The number of anilines is 3. The van der Waals surface area contributed by atoms with Crippen LogP contribution in [0, 0.1) is 0 Å². The van der Waals surface area contributed by atoms with E-state index in [0.717, 1.165) is 9.86 Å². The summed E-state index contributed by atoms with van der Waals surface area (Å²) in [5, 5.41) is 35.7.